The zero-order chi connectivity index (χ0) is 52.8. The minimum absolute atomic E-state index is 0.0156. The van der Waals surface area contributed by atoms with Gasteiger partial charge in [-0.3, -0.25) is 0 Å². The van der Waals surface area contributed by atoms with E-state index >= 15 is 0 Å². The second-order valence-electron chi connectivity index (χ2n) is 25.0. The van der Waals surface area contributed by atoms with Gasteiger partial charge in [0.2, 0.25) is 0 Å². The minimum atomic E-state index is -2.85. The Hall–Kier alpha value is -8.12. The van der Waals surface area contributed by atoms with E-state index in [0.29, 0.717) is 0 Å². The average molecular weight is 1010 g/mol. The van der Waals surface area contributed by atoms with Crippen molar-refractivity contribution in [2.75, 3.05) is 9.80 Å². The molecular formula is C72H64BN3Si. The minimum Gasteiger partial charge on any atom is -0.311 e. The zero-order valence-electron chi connectivity index (χ0n) is 45.8. The molecule has 4 heterocycles. The van der Waals surface area contributed by atoms with Gasteiger partial charge in [-0.25, -0.2) is 0 Å². The number of fused-ring (bicyclic) bond motifs is 10. The van der Waals surface area contributed by atoms with E-state index < -0.39 is 8.07 Å². The first-order valence-corrected chi connectivity index (χ1v) is 29.6. The van der Waals surface area contributed by atoms with Crippen LogP contribution in [0.4, 0.5) is 34.1 Å². The van der Waals surface area contributed by atoms with Crippen LogP contribution in [-0.2, 0) is 16.2 Å². The molecule has 3 aliphatic rings. The highest BCUT2D eigenvalue weighted by molar-refractivity contribution is 7.22. The largest absolute Gasteiger partial charge is 0.311 e. The Morgan fingerprint density at radius 3 is 1.42 bits per heavy atom. The maximum absolute atomic E-state index is 2.85. The lowest BCUT2D eigenvalue weighted by molar-refractivity contribution is 0.590. The summed E-state index contributed by atoms with van der Waals surface area (Å²) in [5, 5.41) is 8.24. The number of hydrogen-bond donors (Lipinski definition) is 0. The van der Waals surface area contributed by atoms with Crippen LogP contribution in [0, 0.1) is 0 Å². The molecule has 0 saturated carbocycles. The molecule has 14 rings (SSSR count). The lowest BCUT2D eigenvalue weighted by atomic mass is 9.33. The molecule has 0 fully saturated rings. The highest BCUT2D eigenvalue weighted by Crippen LogP contribution is 2.48. The van der Waals surface area contributed by atoms with E-state index in [4.69, 9.17) is 0 Å². The van der Waals surface area contributed by atoms with Gasteiger partial charge in [-0.1, -0.05) is 214 Å². The Labute approximate surface area is 456 Å². The van der Waals surface area contributed by atoms with Gasteiger partial charge in [0.1, 0.15) is 0 Å². The SMILES string of the molecule is CC(C)(C)c1ccc2c(c1)B1c3ccccc3N(c3ccccc3)c3cc(-n4c5ccc(C(C)(C)C)cc5c5cc(C(C)(C)C)ccc54)cc(c31)N2c1ccc2c(c1)[Si](c1ccccc1)(c1ccccc1)c1ccccc1-2. The third kappa shape index (κ3) is 7.09. The van der Waals surface area contributed by atoms with Crippen molar-refractivity contribution in [2.45, 2.75) is 78.6 Å². The fourth-order valence-corrected chi connectivity index (χ4v) is 18.7. The Morgan fingerprint density at radius 2 is 0.818 bits per heavy atom. The maximum Gasteiger partial charge on any atom is 0.252 e. The molecule has 0 atom stereocenters. The average Bonchev–Trinajstić information content (AvgIpc) is 4.15. The third-order valence-corrected chi connectivity index (χ3v) is 22.2. The van der Waals surface area contributed by atoms with Crippen LogP contribution in [0.25, 0.3) is 38.6 Å². The van der Waals surface area contributed by atoms with Crippen LogP contribution in [-0.4, -0.2) is 19.4 Å². The van der Waals surface area contributed by atoms with Crippen LogP contribution in [0.5, 0.6) is 0 Å². The summed E-state index contributed by atoms with van der Waals surface area (Å²) in [6.45, 7) is 21.0. The molecule has 0 saturated heterocycles. The number of aromatic nitrogens is 1. The molecule has 0 radical (unpaired) electrons. The normalized spacial score (nSPS) is 14.3. The predicted octanol–water partition coefficient (Wildman–Crippen LogP) is 14.1. The number of para-hydroxylation sites is 2. The van der Waals surface area contributed by atoms with Crippen molar-refractivity contribution in [3.8, 4) is 16.8 Å². The molecule has 5 heteroatoms. The molecular weight excluding hydrogens is 946 g/mol. The Balaban J connectivity index is 1.12. The lowest BCUT2D eigenvalue weighted by Gasteiger charge is -2.45. The van der Waals surface area contributed by atoms with Crippen LogP contribution in [0.3, 0.4) is 0 Å². The number of benzene rings is 10. The van der Waals surface area contributed by atoms with Gasteiger partial charge < -0.3 is 14.4 Å². The number of hydrogen-bond acceptors (Lipinski definition) is 2. The summed E-state index contributed by atoms with van der Waals surface area (Å²) in [5.74, 6) is 0. The smallest absolute Gasteiger partial charge is 0.252 e. The van der Waals surface area contributed by atoms with Crippen molar-refractivity contribution in [2.24, 2.45) is 0 Å². The number of rotatable bonds is 5. The quantitative estimate of drug-likeness (QED) is 0.159. The van der Waals surface area contributed by atoms with Crippen LogP contribution in [0.15, 0.2) is 224 Å². The highest BCUT2D eigenvalue weighted by atomic mass is 28.3. The predicted molar refractivity (Wildman–Crippen MR) is 334 cm³/mol. The molecule has 10 aromatic carbocycles. The topological polar surface area (TPSA) is 11.4 Å². The first-order valence-electron chi connectivity index (χ1n) is 27.6. The molecule has 77 heavy (non-hydrogen) atoms. The Bertz CT molecular complexity index is 4060. The van der Waals surface area contributed by atoms with E-state index in [-0.39, 0.29) is 23.0 Å². The van der Waals surface area contributed by atoms with Crippen molar-refractivity contribution in [1.82, 2.24) is 4.57 Å². The summed E-state index contributed by atoms with van der Waals surface area (Å²) in [7, 11) is -2.85. The standard InChI is InChI=1S/C72H64BN3Si/c1-70(2,3)47-33-38-61-57(41-47)58-42-48(71(4,5)6)34-39-62(58)76(61)52-44-65-69-66(45-52)75(64-40-35-49(72(7,8)9)43-60(64)73(69)59-30-20-21-31-63(59)74(65)50-23-13-10-14-24-50)51-36-37-56-55-29-19-22-32-67(55)77(68(56)46-51,53-25-15-11-16-26-53)54-27-17-12-18-28-54/h10-46H,1-9H3. The molecule has 3 nitrogen and oxygen atoms in total. The number of anilines is 6. The first-order chi connectivity index (χ1) is 37.1. The molecule has 0 amide bonds. The second-order valence-corrected chi connectivity index (χ2v) is 28.7. The van der Waals surface area contributed by atoms with E-state index in [1.165, 1.54) is 115 Å². The third-order valence-electron chi connectivity index (χ3n) is 17.3. The summed E-state index contributed by atoms with van der Waals surface area (Å²) in [5.41, 5.74) is 21.2. The van der Waals surface area contributed by atoms with Crippen molar-refractivity contribution in [3.05, 3.63) is 241 Å². The maximum atomic E-state index is 2.65. The lowest BCUT2D eigenvalue weighted by Crippen LogP contribution is -2.72. The van der Waals surface area contributed by atoms with E-state index in [1.54, 1.807) is 0 Å². The van der Waals surface area contributed by atoms with Crippen molar-refractivity contribution in [1.29, 1.82) is 0 Å². The summed E-state index contributed by atoms with van der Waals surface area (Å²) < 4.78 is 2.57. The van der Waals surface area contributed by atoms with Gasteiger partial charge in [-0.05, 0) is 154 Å². The molecule has 0 spiro atoms. The van der Waals surface area contributed by atoms with E-state index in [9.17, 15) is 0 Å². The highest BCUT2D eigenvalue weighted by Gasteiger charge is 2.50. The van der Waals surface area contributed by atoms with Gasteiger partial charge in [0.15, 0.2) is 8.07 Å². The van der Waals surface area contributed by atoms with Crippen LogP contribution < -0.4 is 46.9 Å². The van der Waals surface area contributed by atoms with Gasteiger partial charge in [0.05, 0.1) is 16.7 Å². The van der Waals surface area contributed by atoms with E-state index in [0.717, 1.165) is 11.4 Å². The summed E-state index contributed by atoms with van der Waals surface area (Å²) in [6.07, 6.45) is 0. The van der Waals surface area contributed by atoms with Crippen LogP contribution in [0.1, 0.15) is 79.0 Å². The Morgan fingerprint density at radius 1 is 0.338 bits per heavy atom. The van der Waals surface area contributed by atoms with Gasteiger partial charge >= 0.3 is 0 Å². The van der Waals surface area contributed by atoms with Gasteiger partial charge in [-0.2, -0.15) is 0 Å². The van der Waals surface area contributed by atoms with E-state index in [1.807, 2.05) is 0 Å². The van der Waals surface area contributed by atoms with Crippen molar-refractivity contribution >= 4 is 108 Å². The molecule has 11 aromatic rings. The van der Waals surface area contributed by atoms with Crippen LogP contribution >= 0.6 is 0 Å². The molecule has 0 unspecified atom stereocenters. The van der Waals surface area contributed by atoms with Gasteiger partial charge in [0.25, 0.3) is 6.71 Å². The molecule has 0 N–H and O–H groups in total. The summed E-state index contributed by atoms with van der Waals surface area (Å²) in [4.78, 5) is 5.20. The first kappa shape index (κ1) is 47.3. The fraction of sp³-hybridized carbons (Fsp3) is 0.167. The fourth-order valence-electron chi connectivity index (χ4n) is 13.5. The molecule has 3 aliphatic heterocycles. The Kier molecular flexibility index (Phi) is 10.4. The second kappa shape index (κ2) is 16.9. The van der Waals surface area contributed by atoms with Crippen molar-refractivity contribution < 1.29 is 0 Å². The van der Waals surface area contributed by atoms with Gasteiger partial charge in [-0.15, -0.1) is 0 Å². The number of nitrogens with zero attached hydrogens (tertiary/aromatic N) is 3. The zero-order valence-corrected chi connectivity index (χ0v) is 46.8. The van der Waals surface area contributed by atoms with Gasteiger partial charge in [0, 0.05) is 44.9 Å². The summed E-state index contributed by atoms with van der Waals surface area (Å²) in [6, 6.07) is 86.7. The molecule has 374 valence electrons. The van der Waals surface area contributed by atoms with Crippen LogP contribution in [0.2, 0.25) is 0 Å². The van der Waals surface area contributed by atoms with E-state index in [2.05, 4.69) is 301 Å². The summed E-state index contributed by atoms with van der Waals surface area (Å²) >= 11 is 0. The molecule has 1 aromatic heterocycles. The van der Waals surface area contributed by atoms with Crippen molar-refractivity contribution in [3.63, 3.8) is 0 Å². The monoisotopic (exact) mass is 1010 g/mol. The molecule has 0 bridgehead atoms. The molecule has 0 aliphatic carbocycles.